The lowest BCUT2D eigenvalue weighted by Gasteiger charge is -2.13. The van der Waals surface area contributed by atoms with Crippen molar-refractivity contribution in [2.45, 2.75) is 0 Å². The number of carbonyl (C=O) groups excluding carboxylic acids is 1. The Balaban J connectivity index is 1.89. The van der Waals surface area contributed by atoms with E-state index in [0.717, 1.165) is 6.26 Å². The largest absolute Gasteiger partial charge is 0.341 e. The minimum atomic E-state index is -3.48. The molecule has 0 fully saturated rings. The number of rotatable bonds is 6. The van der Waals surface area contributed by atoms with E-state index in [9.17, 15) is 17.6 Å². The molecule has 4 rings (SSSR count). The zero-order valence-electron chi connectivity index (χ0n) is 18.0. The zero-order valence-corrected chi connectivity index (χ0v) is 18.9. The molecule has 0 saturated carbocycles. The molecular weight excluding hydrogens is 455 g/mol. The molecule has 3 aromatic carbocycles. The maximum absolute atomic E-state index is 13.6. The molecule has 0 bridgehead atoms. The Kier molecular flexibility index (Phi) is 6.25. The second-order valence-electron chi connectivity index (χ2n) is 7.47. The standard InChI is InChI=1S/C25H19FN4O3S/c1-3-13-27-25(31)18-9-12-21-22(15-18)29-23(16-7-10-19(26)11-8-16)24(28-21)17-5-4-6-20(14-17)30-34(2,32)33/h1,4-12,14-15,30H,13H2,2H3,(H,27,31). The van der Waals surface area contributed by atoms with E-state index >= 15 is 0 Å². The summed E-state index contributed by atoms with van der Waals surface area (Å²) in [6.07, 6.45) is 6.27. The van der Waals surface area contributed by atoms with E-state index in [1.165, 1.54) is 12.1 Å². The fourth-order valence-corrected chi connectivity index (χ4v) is 3.94. The van der Waals surface area contributed by atoms with Gasteiger partial charge in [0.15, 0.2) is 0 Å². The van der Waals surface area contributed by atoms with Crippen LogP contribution in [0.2, 0.25) is 0 Å². The zero-order chi connectivity index (χ0) is 24.3. The lowest BCUT2D eigenvalue weighted by atomic mass is 10.0. The number of fused-ring (bicyclic) bond motifs is 1. The predicted octanol–water partition coefficient (Wildman–Crippen LogP) is 3.84. The van der Waals surface area contributed by atoms with Crippen LogP contribution in [0, 0.1) is 18.2 Å². The Morgan fingerprint density at radius 3 is 2.38 bits per heavy atom. The first-order valence-electron chi connectivity index (χ1n) is 10.1. The highest BCUT2D eigenvalue weighted by Crippen LogP contribution is 2.32. The first kappa shape index (κ1) is 22.9. The van der Waals surface area contributed by atoms with Gasteiger partial charge in [0.2, 0.25) is 10.0 Å². The van der Waals surface area contributed by atoms with Crippen molar-refractivity contribution in [2.75, 3.05) is 17.5 Å². The normalized spacial score (nSPS) is 11.1. The van der Waals surface area contributed by atoms with Crippen molar-refractivity contribution in [1.82, 2.24) is 15.3 Å². The molecule has 7 nitrogen and oxygen atoms in total. The van der Waals surface area contributed by atoms with Crippen molar-refractivity contribution in [3.05, 3.63) is 78.1 Å². The van der Waals surface area contributed by atoms with Gasteiger partial charge in [-0.25, -0.2) is 22.8 Å². The van der Waals surface area contributed by atoms with Crippen LogP contribution in [-0.2, 0) is 10.0 Å². The van der Waals surface area contributed by atoms with Gasteiger partial charge < -0.3 is 5.32 Å². The summed E-state index contributed by atoms with van der Waals surface area (Å²) in [5.74, 6) is 1.61. The fourth-order valence-electron chi connectivity index (χ4n) is 3.38. The van der Waals surface area contributed by atoms with Gasteiger partial charge >= 0.3 is 0 Å². The molecule has 1 heterocycles. The van der Waals surface area contributed by atoms with E-state index in [1.54, 1.807) is 54.6 Å². The molecule has 4 aromatic rings. The summed E-state index contributed by atoms with van der Waals surface area (Å²) in [6, 6.07) is 17.4. The molecule has 1 amide bonds. The van der Waals surface area contributed by atoms with Crippen LogP contribution in [-0.4, -0.2) is 37.1 Å². The van der Waals surface area contributed by atoms with Gasteiger partial charge in [0, 0.05) is 22.4 Å². The quantitative estimate of drug-likeness (QED) is 0.414. The van der Waals surface area contributed by atoms with Gasteiger partial charge in [0.05, 0.1) is 35.2 Å². The lowest BCUT2D eigenvalue weighted by Crippen LogP contribution is -2.23. The third kappa shape index (κ3) is 5.19. The van der Waals surface area contributed by atoms with E-state index in [-0.39, 0.29) is 12.5 Å². The van der Waals surface area contributed by atoms with Crippen molar-refractivity contribution < 1.29 is 17.6 Å². The van der Waals surface area contributed by atoms with Gasteiger partial charge in [-0.3, -0.25) is 9.52 Å². The predicted molar refractivity (Wildman–Crippen MR) is 130 cm³/mol. The smallest absolute Gasteiger partial charge is 0.252 e. The number of halogens is 1. The van der Waals surface area contributed by atoms with Crippen molar-refractivity contribution in [2.24, 2.45) is 0 Å². The van der Waals surface area contributed by atoms with E-state index in [1.807, 2.05) is 0 Å². The first-order chi connectivity index (χ1) is 16.2. The Morgan fingerprint density at radius 1 is 0.971 bits per heavy atom. The van der Waals surface area contributed by atoms with Gasteiger partial charge in [0.25, 0.3) is 5.91 Å². The molecule has 34 heavy (non-hydrogen) atoms. The highest BCUT2D eigenvalue weighted by Gasteiger charge is 2.16. The van der Waals surface area contributed by atoms with Crippen LogP contribution in [0.4, 0.5) is 10.1 Å². The van der Waals surface area contributed by atoms with Crippen molar-refractivity contribution in [1.29, 1.82) is 0 Å². The molecule has 0 atom stereocenters. The van der Waals surface area contributed by atoms with Crippen LogP contribution in [0.1, 0.15) is 10.4 Å². The average Bonchev–Trinajstić information content (AvgIpc) is 2.81. The maximum atomic E-state index is 13.6. The molecule has 0 aliphatic rings. The summed E-state index contributed by atoms with van der Waals surface area (Å²) in [6.45, 7) is 0.0974. The van der Waals surface area contributed by atoms with E-state index in [0.29, 0.717) is 44.8 Å². The number of carbonyl (C=O) groups is 1. The van der Waals surface area contributed by atoms with Crippen molar-refractivity contribution in [3.63, 3.8) is 0 Å². The number of nitrogens with one attached hydrogen (secondary N) is 2. The van der Waals surface area contributed by atoms with Gasteiger partial charge in [0.1, 0.15) is 5.82 Å². The van der Waals surface area contributed by atoms with Crippen molar-refractivity contribution >= 4 is 32.7 Å². The molecule has 0 aliphatic carbocycles. The van der Waals surface area contributed by atoms with Crippen LogP contribution in [0.25, 0.3) is 33.5 Å². The molecule has 0 spiro atoms. The Hall–Kier alpha value is -4.29. The number of terminal acetylenes is 1. The van der Waals surface area contributed by atoms with Crippen LogP contribution < -0.4 is 10.0 Å². The van der Waals surface area contributed by atoms with Crippen molar-refractivity contribution in [3.8, 4) is 34.9 Å². The number of sulfonamides is 1. The molecule has 2 N–H and O–H groups in total. The molecule has 0 unspecified atom stereocenters. The molecule has 170 valence electrons. The Bertz CT molecular complexity index is 1550. The number of aromatic nitrogens is 2. The first-order valence-corrected chi connectivity index (χ1v) is 12.0. The summed E-state index contributed by atoms with van der Waals surface area (Å²) >= 11 is 0. The second kappa shape index (κ2) is 9.29. The summed E-state index contributed by atoms with van der Waals surface area (Å²) in [5.41, 5.74) is 3.86. The van der Waals surface area contributed by atoms with Gasteiger partial charge in [-0.2, -0.15) is 0 Å². The highest BCUT2D eigenvalue weighted by molar-refractivity contribution is 7.92. The lowest BCUT2D eigenvalue weighted by molar-refractivity contribution is 0.0959. The van der Waals surface area contributed by atoms with Gasteiger partial charge in [-0.05, 0) is 54.6 Å². The monoisotopic (exact) mass is 474 g/mol. The third-order valence-corrected chi connectivity index (χ3v) is 5.44. The van der Waals surface area contributed by atoms with Crippen LogP contribution in [0.15, 0.2) is 66.7 Å². The Morgan fingerprint density at radius 2 is 1.68 bits per heavy atom. The summed E-state index contributed by atoms with van der Waals surface area (Å²) in [4.78, 5) is 21.8. The number of benzene rings is 3. The molecule has 1 aromatic heterocycles. The van der Waals surface area contributed by atoms with Gasteiger partial charge in [-0.1, -0.05) is 18.1 Å². The SMILES string of the molecule is C#CCNC(=O)c1ccc2nc(-c3cccc(NS(C)(=O)=O)c3)c(-c3ccc(F)cc3)nc2c1. The number of amides is 1. The molecule has 0 aliphatic heterocycles. The van der Waals surface area contributed by atoms with E-state index < -0.39 is 15.8 Å². The van der Waals surface area contributed by atoms with E-state index in [2.05, 4.69) is 16.0 Å². The average molecular weight is 475 g/mol. The van der Waals surface area contributed by atoms with Crippen LogP contribution in [0.3, 0.4) is 0 Å². The van der Waals surface area contributed by atoms with E-state index in [4.69, 9.17) is 16.4 Å². The summed E-state index contributed by atoms with van der Waals surface area (Å²) in [7, 11) is -3.48. The van der Waals surface area contributed by atoms with Gasteiger partial charge in [-0.15, -0.1) is 6.42 Å². The topological polar surface area (TPSA) is 101 Å². The maximum Gasteiger partial charge on any atom is 0.252 e. The molecule has 0 saturated heterocycles. The minimum absolute atomic E-state index is 0.0974. The summed E-state index contributed by atoms with van der Waals surface area (Å²) < 4.78 is 39.4. The third-order valence-electron chi connectivity index (χ3n) is 4.83. The van der Waals surface area contributed by atoms with Crippen LogP contribution in [0.5, 0.6) is 0 Å². The number of nitrogens with zero attached hydrogens (tertiary/aromatic N) is 2. The fraction of sp³-hybridized carbons (Fsp3) is 0.0800. The minimum Gasteiger partial charge on any atom is -0.341 e. The Labute approximate surface area is 196 Å². The second-order valence-corrected chi connectivity index (χ2v) is 9.22. The molecule has 0 radical (unpaired) electrons. The molecule has 9 heteroatoms. The number of hydrogen-bond donors (Lipinski definition) is 2. The molecular formula is C25H19FN4O3S. The highest BCUT2D eigenvalue weighted by atomic mass is 32.2. The van der Waals surface area contributed by atoms with Crippen LogP contribution >= 0.6 is 0 Å². The number of hydrogen-bond acceptors (Lipinski definition) is 5. The summed E-state index contributed by atoms with van der Waals surface area (Å²) in [5, 5.41) is 2.61. The number of anilines is 1.